The predicted molar refractivity (Wildman–Crippen MR) is 81.3 cm³/mol. The van der Waals surface area contributed by atoms with Crippen LogP contribution in [0.5, 0.6) is 0 Å². The summed E-state index contributed by atoms with van der Waals surface area (Å²) in [5.41, 5.74) is 0.965. The van der Waals surface area contributed by atoms with Crippen molar-refractivity contribution in [2.75, 3.05) is 5.32 Å². The minimum Gasteiger partial charge on any atom is -0.545 e. The average molecular weight is 318 g/mol. The van der Waals surface area contributed by atoms with Crippen molar-refractivity contribution in [1.29, 1.82) is 0 Å². The zero-order valence-electron chi connectivity index (χ0n) is 12.2. The van der Waals surface area contributed by atoms with E-state index < -0.39 is 11.9 Å². The molecule has 3 rings (SSSR count). The lowest BCUT2D eigenvalue weighted by atomic mass is 10.1. The second kappa shape index (κ2) is 5.96. The summed E-state index contributed by atoms with van der Waals surface area (Å²) in [7, 11) is 0. The van der Waals surface area contributed by atoms with Crippen LogP contribution < -0.4 is 10.4 Å². The van der Waals surface area contributed by atoms with Crippen molar-refractivity contribution in [2.45, 2.75) is 39.0 Å². The fourth-order valence-corrected chi connectivity index (χ4v) is 4.04. The molecule has 2 aromatic rings. The van der Waals surface area contributed by atoms with E-state index in [1.165, 1.54) is 11.3 Å². The molecule has 1 N–H and O–H groups in total. The van der Waals surface area contributed by atoms with Crippen molar-refractivity contribution < 1.29 is 19.1 Å². The fourth-order valence-electron chi connectivity index (χ4n) is 2.77. The average Bonchev–Trinajstić information content (AvgIpc) is 2.96. The third-order valence-corrected chi connectivity index (χ3v) is 5.02. The Morgan fingerprint density at radius 3 is 2.68 bits per heavy atom. The Bertz CT molecular complexity index is 729. The van der Waals surface area contributed by atoms with Crippen LogP contribution >= 0.6 is 11.3 Å². The van der Waals surface area contributed by atoms with Gasteiger partial charge in [-0.25, -0.2) is 0 Å². The van der Waals surface area contributed by atoms with Gasteiger partial charge in [0.05, 0.1) is 5.97 Å². The lowest BCUT2D eigenvalue weighted by molar-refractivity contribution is -0.254. The van der Waals surface area contributed by atoms with Gasteiger partial charge in [-0.05, 0) is 50.3 Å². The van der Waals surface area contributed by atoms with Gasteiger partial charge in [-0.2, -0.15) is 0 Å². The molecule has 116 valence electrons. The molecule has 22 heavy (non-hydrogen) atoms. The van der Waals surface area contributed by atoms with E-state index in [1.807, 2.05) is 0 Å². The molecule has 0 unspecified atom stereocenters. The number of hydrogen-bond donors (Lipinski definition) is 1. The van der Waals surface area contributed by atoms with E-state index in [1.54, 1.807) is 19.1 Å². The molecule has 0 saturated carbocycles. The van der Waals surface area contributed by atoms with E-state index in [9.17, 15) is 14.7 Å². The van der Waals surface area contributed by atoms with Crippen molar-refractivity contribution in [3.63, 3.8) is 0 Å². The number of nitrogens with one attached hydrogen (secondary N) is 1. The van der Waals surface area contributed by atoms with Gasteiger partial charge in [0.1, 0.15) is 10.8 Å². The highest BCUT2D eigenvalue weighted by atomic mass is 32.1. The summed E-state index contributed by atoms with van der Waals surface area (Å²) >= 11 is 1.34. The molecule has 0 radical (unpaired) electrons. The van der Waals surface area contributed by atoms with E-state index in [0.29, 0.717) is 10.8 Å². The van der Waals surface area contributed by atoms with Gasteiger partial charge in [-0.3, -0.25) is 4.79 Å². The molecule has 1 aliphatic carbocycles. The predicted octanol–water partition coefficient (Wildman–Crippen LogP) is 2.53. The Morgan fingerprint density at radius 2 is 2.00 bits per heavy atom. The molecule has 2 aromatic heterocycles. The highest BCUT2D eigenvalue weighted by Gasteiger charge is 2.22. The largest absolute Gasteiger partial charge is 0.545 e. The van der Waals surface area contributed by atoms with E-state index in [0.717, 1.165) is 42.5 Å². The SMILES string of the molecule is Cc1ccc(C(=O)Nc2sc3c(c2C(=O)[O-])CCCCC3)o1. The first-order chi connectivity index (χ1) is 10.6. The molecule has 1 amide bonds. The number of thiophene rings is 1. The van der Waals surface area contributed by atoms with Crippen LogP contribution in [0.2, 0.25) is 0 Å². The van der Waals surface area contributed by atoms with Crippen LogP contribution in [0.15, 0.2) is 16.5 Å². The monoisotopic (exact) mass is 318 g/mol. The molecular weight excluding hydrogens is 302 g/mol. The lowest BCUT2D eigenvalue weighted by Gasteiger charge is -2.09. The maximum Gasteiger partial charge on any atom is 0.291 e. The summed E-state index contributed by atoms with van der Waals surface area (Å²) in [6.07, 6.45) is 4.70. The van der Waals surface area contributed by atoms with Gasteiger partial charge in [-0.15, -0.1) is 11.3 Å². The van der Waals surface area contributed by atoms with Crippen LogP contribution in [-0.4, -0.2) is 11.9 Å². The number of anilines is 1. The zero-order chi connectivity index (χ0) is 15.7. The Morgan fingerprint density at radius 1 is 1.23 bits per heavy atom. The van der Waals surface area contributed by atoms with Crippen molar-refractivity contribution in [3.8, 4) is 0 Å². The van der Waals surface area contributed by atoms with Gasteiger partial charge in [0, 0.05) is 10.4 Å². The number of carbonyl (C=O) groups is 2. The van der Waals surface area contributed by atoms with E-state index in [-0.39, 0.29) is 11.3 Å². The molecule has 0 fully saturated rings. The van der Waals surface area contributed by atoms with E-state index >= 15 is 0 Å². The molecule has 0 bridgehead atoms. The maximum atomic E-state index is 12.2. The number of carbonyl (C=O) groups excluding carboxylic acids is 2. The number of fused-ring (bicyclic) bond motifs is 1. The zero-order valence-corrected chi connectivity index (χ0v) is 13.0. The van der Waals surface area contributed by atoms with Gasteiger partial charge in [0.25, 0.3) is 5.91 Å². The first-order valence-corrected chi connectivity index (χ1v) is 8.11. The van der Waals surface area contributed by atoms with E-state index in [4.69, 9.17) is 4.42 Å². The van der Waals surface area contributed by atoms with Crippen LogP contribution in [0.4, 0.5) is 5.00 Å². The number of amides is 1. The number of hydrogen-bond acceptors (Lipinski definition) is 5. The van der Waals surface area contributed by atoms with Crippen LogP contribution in [0.1, 0.15) is 56.4 Å². The highest BCUT2D eigenvalue weighted by molar-refractivity contribution is 7.17. The number of aromatic carboxylic acids is 1. The van der Waals surface area contributed by atoms with Crippen LogP contribution in [0, 0.1) is 6.92 Å². The number of carboxylic acids is 1. The first-order valence-electron chi connectivity index (χ1n) is 7.30. The van der Waals surface area contributed by atoms with Crippen molar-refractivity contribution in [3.05, 3.63) is 39.7 Å². The minimum atomic E-state index is -1.23. The van der Waals surface area contributed by atoms with Gasteiger partial charge in [0.2, 0.25) is 0 Å². The third kappa shape index (κ3) is 2.78. The second-order valence-corrected chi connectivity index (χ2v) is 6.53. The fraction of sp³-hybridized carbons (Fsp3) is 0.375. The Kier molecular flexibility index (Phi) is 4.02. The Labute approximate surface area is 132 Å². The molecule has 0 saturated heterocycles. The van der Waals surface area contributed by atoms with Gasteiger partial charge < -0.3 is 19.6 Å². The van der Waals surface area contributed by atoms with Crippen LogP contribution in [0.3, 0.4) is 0 Å². The summed E-state index contributed by atoms with van der Waals surface area (Å²) in [5.74, 6) is -0.866. The molecule has 0 aliphatic heterocycles. The second-order valence-electron chi connectivity index (χ2n) is 5.42. The summed E-state index contributed by atoms with van der Waals surface area (Å²) in [5, 5.41) is 14.5. The molecule has 0 aromatic carbocycles. The summed E-state index contributed by atoms with van der Waals surface area (Å²) < 4.78 is 5.27. The van der Waals surface area contributed by atoms with Crippen molar-refractivity contribution >= 4 is 28.2 Å². The smallest absolute Gasteiger partial charge is 0.291 e. The number of rotatable bonds is 3. The molecule has 0 atom stereocenters. The quantitative estimate of drug-likeness (QED) is 0.882. The third-order valence-electron chi connectivity index (χ3n) is 3.82. The molecule has 0 spiro atoms. The number of carboxylic acid groups (broad SMARTS) is 1. The molecule has 5 nitrogen and oxygen atoms in total. The Balaban J connectivity index is 1.93. The Hall–Kier alpha value is -2.08. The standard InChI is InChI=1S/C16H17NO4S/c1-9-7-8-11(21-9)14(18)17-15-13(16(19)20)10-5-3-2-4-6-12(10)22-15/h7-8H,2-6H2,1H3,(H,17,18)(H,19,20)/p-1. The normalized spacial score (nSPS) is 14.2. The topological polar surface area (TPSA) is 82.4 Å². The summed E-state index contributed by atoms with van der Waals surface area (Å²) in [4.78, 5) is 24.7. The van der Waals surface area contributed by atoms with E-state index in [2.05, 4.69) is 5.32 Å². The van der Waals surface area contributed by atoms with Gasteiger partial charge >= 0.3 is 0 Å². The van der Waals surface area contributed by atoms with Crippen LogP contribution in [-0.2, 0) is 12.8 Å². The molecule has 1 aliphatic rings. The molecule has 6 heteroatoms. The van der Waals surface area contributed by atoms with Gasteiger partial charge in [0.15, 0.2) is 5.76 Å². The highest BCUT2D eigenvalue weighted by Crippen LogP contribution is 2.37. The number of aryl methyl sites for hydroxylation is 2. The van der Waals surface area contributed by atoms with Crippen molar-refractivity contribution in [2.24, 2.45) is 0 Å². The summed E-state index contributed by atoms with van der Waals surface area (Å²) in [6, 6.07) is 3.26. The molecular formula is C16H16NO4S-. The van der Waals surface area contributed by atoms with Crippen molar-refractivity contribution in [1.82, 2.24) is 0 Å². The molecule has 2 heterocycles. The summed E-state index contributed by atoms with van der Waals surface area (Å²) in [6.45, 7) is 1.75. The maximum absolute atomic E-state index is 12.2. The first kappa shape index (κ1) is 14.8. The lowest BCUT2D eigenvalue weighted by Crippen LogP contribution is -2.25. The van der Waals surface area contributed by atoms with Crippen LogP contribution in [0.25, 0.3) is 0 Å². The number of furan rings is 1. The van der Waals surface area contributed by atoms with Gasteiger partial charge in [-0.1, -0.05) is 6.42 Å². The minimum absolute atomic E-state index is 0.138.